The summed E-state index contributed by atoms with van der Waals surface area (Å²) in [6.07, 6.45) is 10.3. The van der Waals surface area contributed by atoms with E-state index in [9.17, 15) is 4.79 Å². The minimum absolute atomic E-state index is 0.0909. The molecule has 5 heterocycles. The zero-order valence-corrected chi connectivity index (χ0v) is 17.2. The summed E-state index contributed by atoms with van der Waals surface area (Å²) in [5.41, 5.74) is -0.115. The lowest BCUT2D eigenvalue weighted by molar-refractivity contribution is -0.121. The van der Waals surface area contributed by atoms with E-state index < -0.39 is 0 Å². The summed E-state index contributed by atoms with van der Waals surface area (Å²) >= 11 is 0. The summed E-state index contributed by atoms with van der Waals surface area (Å²) in [5, 5.41) is 10.4. The Morgan fingerprint density at radius 1 is 1.37 bits per heavy atom. The quantitative estimate of drug-likeness (QED) is 0.652. The van der Waals surface area contributed by atoms with E-state index in [4.69, 9.17) is 4.74 Å². The van der Waals surface area contributed by atoms with Crippen LogP contribution in [0.1, 0.15) is 25.7 Å². The average molecular weight is 412 g/mol. The molecule has 3 aliphatic rings. The first-order valence-corrected chi connectivity index (χ1v) is 10.7. The highest BCUT2D eigenvalue weighted by Crippen LogP contribution is 2.55. The van der Waals surface area contributed by atoms with E-state index in [2.05, 4.69) is 35.6 Å². The summed E-state index contributed by atoms with van der Waals surface area (Å²) < 4.78 is 8.25. The molecule has 0 unspecified atom stereocenters. The fourth-order valence-corrected chi connectivity index (χ4v) is 5.43. The predicted molar refractivity (Wildman–Crippen MR) is 110 cm³/mol. The van der Waals surface area contributed by atoms with E-state index in [1.165, 1.54) is 6.33 Å². The van der Waals surface area contributed by atoms with Crippen LogP contribution in [-0.2, 0) is 16.1 Å². The smallest absolute Gasteiger partial charge is 0.220 e. The molecule has 160 valence electrons. The molecule has 0 radical (unpaired) electrons. The van der Waals surface area contributed by atoms with Crippen LogP contribution < -0.4 is 15.5 Å². The van der Waals surface area contributed by atoms with Gasteiger partial charge in [0, 0.05) is 63.9 Å². The lowest BCUT2D eigenvalue weighted by atomic mass is 9.73. The molecule has 10 nitrogen and oxygen atoms in total. The number of aryl methyl sites for hydroxylation is 1. The molecule has 4 atom stereocenters. The maximum atomic E-state index is 12.4. The maximum absolute atomic E-state index is 12.4. The molecule has 1 spiro atoms. The Kier molecular flexibility index (Phi) is 5.01. The monoisotopic (exact) mass is 412 g/mol. The number of ether oxygens (including phenoxy) is 1. The Hall–Kier alpha value is -2.75. The Bertz CT molecular complexity index is 891. The molecule has 30 heavy (non-hydrogen) atoms. The number of rotatable bonds is 8. The minimum atomic E-state index is -0.115. The van der Waals surface area contributed by atoms with Gasteiger partial charge in [0.25, 0.3) is 0 Å². The van der Waals surface area contributed by atoms with Gasteiger partial charge < -0.3 is 20.3 Å². The Balaban J connectivity index is 1.18. The number of carbonyl (C=O) groups excluding carboxylic acids is 1. The first-order chi connectivity index (χ1) is 14.7. The van der Waals surface area contributed by atoms with Gasteiger partial charge in [0.1, 0.15) is 12.7 Å². The standard InChI is InChI=1S/C20H28N8O2/c1-21-18-19(24-7-6-23-18)27-10-15-14(16-4-5-20(15,11-27)30-16)9-25-17(29)3-2-8-28-13-22-12-26-28/h6-7,12-16H,2-5,8-11H2,1H3,(H,21,23)(H,25,29)/t14-,15+,16+,20+/m0/s1. The number of carbonyl (C=O) groups is 1. The van der Waals surface area contributed by atoms with Crippen LogP contribution in [0, 0.1) is 11.8 Å². The molecule has 10 heteroatoms. The molecule has 3 aliphatic heterocycles. The third-order valence-electron chi connectivity index (χ3n) is 6.79. The highest BCUT2D eigenvalue weighted by molar-refractivity contribution is 5.75. The number of fused-ring (bicyclic) bond motifs is 1. The molecular formula is C20H28N8O2. The minimum Gasteiger partial charge on any atom is -0.370 e. The van der Waals surface area contributed by atoms with Crippen LogP contribution in [0.2, 0.25) is 0 Å². The van der Waals surface area contributed by atoms with Crippen molar-refractivity contribution < 1.29 is 9.53 Å². The van der Waals surface area contributed by atoms with Crippen LogP contribution in [0.4, 0.5) is 11.6 Å². The van der Waals surface area contributed by atoms with Crippen LogP contribution >= 0.6 is 0 Å². The number of hydrogen-bond donors (Lipinski definition) is 2. The van der Waals surface area contributed by atoms with Gasteiger partial charge in [0.05, 0.1) is 11.7 Å². The fraction of sp³-hybridized carbons (Fsp3) is 0.650. The molecule has 0 aliphatic carbocycles. The van der Waals surface area contributed by atoms with Gasteiger partial charge in [-0.1, -0.05) is 0 Å². The van der Waals surface area contributed by atoms with E-state index in [0.717, 1.165) is 44.0 Å². The van der Waals surface area contributed by atoms with Crippen molar-refractivity contribution in [2.75, 3.05) is 36.9 Å². The number of nitrogens with one attached hydrogen (secondary N) is 2. The van der Waals surface area contributed by atoms with Crippen molar-refractivity contribution in [3.8, 4) is 0 Å². The van der Waals surface area contributed by atoms with E-state index in [1.54, 1.807) is 23.4 Å². The molecule has 3 saturated heterocycles. The summed E-state index contributed by atoms with van der Waals surface area (Å²) in [7, 11) is 1.87. The van der Waals surface area contributed by atoms with Crippen LogP contribution in [0.15, 0.2) is 25.0 Å². The van der Waals surface area contributed by atoms with Gasteiger partial charge in [0.15, 0.2) is 11.6 Å². The van der Waals surface area contributed by atoms with E-state index in [-0.39, 0.29) is 17.6 Å². The van der Waals surface area contributed by atoms with Gasteiger partial charge in [-0.05, 0) is 19.3 Å². The normalized spacial score (nSPS) is 29.2. The summed E-state index contributed by atoms with van der Waals surface area (Å²) in [6, 6.07) is 0. The lowest BCUT2D eigenvalue weighted by Gasteiger charge is -2.29. The van der Waals surface area contributed by atoms with Crippen LogP contribution in [0.5, 0.6) is 0 Å². The number of amides is 1. The Morgan fingerprint density at radius 3 is 3.10 bits per heavy atom. The highest BCUT2D eigenvalue weighted by Gasteiger charge is 2.63. The van der Waals surface area contributed by atoms with Crippen molar-refractivity contribution >= 4 is 17.5 Å². The zero-order valence-electron chi connectivity index (χ0n) is 17.2. The predicted octanol–water partition coefficient (Wildman–Crippen LogP) is 0.690. The van der Waals surface area contributed by atoms with Crippen LogP contribution in [0.25, 0.3) is 0 Å². The number of aromatic nitrogens is 5. The molecule has 2 bridgehead atoms. The highest BCUT2D eigenvalue weighted by atomic mass is 16.5. The molecule has 3 fully saturated rings. The van der Waals surface area contributed by atoms with Gasteiger partial charge in [0.2, 0.25) is 5.91 Å². The second kappa shape index (κ2) is 7.82. The molecule has 5 rings (SSSR count). The third-order valence-corrected chi connectivity index (χ3v) is 6.79. The number of nitrogens with zero attached hydrogens (tertiary/aromatic N) is 6. The van der Waals surface area contributed by atoms with E-state index >= 15 is 0 Å². The summed E-state index contributed by atoms with van der Waals surface area (Å²) in [5.74, 6) is 2.51. The van der Waals surface area contributed by atoms with Gasteiger partial charge >= 0.3 is 0 Å². The molecule has 1 amide bonds. The second-order valence-electron chi connectivity index (χ2n) is 8.46. The van der Waals surface area contributed by atoms with Crippen molar-refractivity contribution in [1.29, 1.82) is 0 Å². The third kappa shape index (κ3) is 3.38. The van der Waals surface area contributed by atoms with Crippen molar-refractivity contribution in [3.63, 3.8) is 0 Å². The van der Waals surface area contributed by atoms with Gasteiger partial charge in [-0.25, -0.2) is 15.0 Å². The number of anilines is 2. The Morgan fingerprint density at radius 2 is 2.27 bits per heavy atom. The summed E-state index contributed by atoms with van der Waals surface area (Å²) in [4.78, 5) is 27.5. The maximum Gasteiger partial charge on any atom is 0.220 e. The van der Waals surface area contributed by atoms with Gasteiger partial charge in [-0.15, -0.1) is 0 Å². The van der Waals surface area contributed by atoms with E-state index in [0.29, 0.717) is 31.3 Å². The lowest BCUT2D eigenvalue weighted by Crippen LogP contribution is -2.41. The van der Waals surface area contributed by atoms with Crippen molar-refractivity contribution in [2.24, 2.45) is 11.8 Å². The van der Waals surface area contributed by atoms with Crippen LogP contribution in [0.3, 0.4) is 0 Å². The molecular weight excluding hydrogens is 384 g/mol. The van der Waals surface area contributed by atoms with Gasteiger partial charge in [-0.3, -0.25) is 9.48 Å². The molecule has 0 saturated carbocycles. The topological polar surface area (TPSA) is 110 Å². The molecule has 2 aromatic rings. The second-order valence-corrected chi connectivity index (χ2v) is 8.46. The first-order valence-electron chi connectivity index (χ1n) is 10.7. The SMILES string of the molecule is CNc1nccnc1N1C[C@@H]2[C@H](CNC(=O)CCCn3cncn3)[C@H]3CC[C@]2(C1)O3. The zero-order chi connectivity index (χ0) is 20.6. The molecule has 2 N–H and O–H groups in total. The molecule has 2 aromatic heterocycles. The summed E-state index contributed by atoms with van der Waals surface area (Å²) in [6.45, 7) is 3.10. The van der Waals surface area contributed by atoms with E-state index in [1.807, 2.05) is 7.05 Å². The average Bonchev–Trinajstić information content (AvgIpc) is 3.53. The molecule has 0 aromatic carbocycles. The van der Waals surface area contributed by atoms with Crippen molar-refractivity contribution in [1.82, 2.24) is 30.0 Å². The fourth-order valence-electron chi connectivity index (χ4n) is 5.43. The van der Waals surface area contributed by atoms with Crippen molar-refractivity contribution in [3.05, 3.63) is 25.0 Å². The van der Waals surface area contributed by atoms with Crippen molar-refractivity contribution in [2.45, 2.75) is 43.9 Å². The van der Waals surface area contributed by atoms with Gasteiger partial charge in [-0.2, -0.15) is 5.10 Å². The largest absolute Gasteiger partial charge is 0.370 e. The first kappa shape index (κ1) is 19.2. The Labute approximate surface area is 175 Å². The van der Waals surface area contributed by atoms with Crippen LogP contribution in [-0.4, -0.2) is 69.0 Å². The number of hydrogen-bond acceptors (Lipinski definition) is 8.